The van der Waals surface area contributed by atoms with Gasteiger partial charge in [0.25, 0.3) is 5.91 Å². The van der Waals surface area contributed by atoms with E-state index in [4.69, 9.17) is 5.73 Å². The van der Waals surface area contributed by atoms with Crippen LogP contribution in [0.15, 0.2) is 6.20 Å². The lowest BCUT2D eigenvalue weighted by atomic mass is 10.2. The predicted molar refractivity (Wildman–Crippen MR) is 57.3 cm³/mol. The first-order valence-electron chi connectivity index (χ1n) is 5.12. The third-order valence-electron chi connectivity index (χ3n) is 2.79. The first-order valence-corrected chi connectivity index (χ1v) is 5.12. The largest absolute Gasteiger partial charge is 0.383 e. The van der Waals surface area contributed by atoms with Crippen LogP contribution in [0, 0.1) is 5.92 Å². The minimum Gasteiger partial charge on any atom is -0.383 e. The number of nitrogens with two attached hydrogens (primary N) is 1. The molecule has 82 valence electrons. The summed E-state index contributed by atoms with van der Waals surface area (Å²) < 4.78 is 1.51. The third-order valence-corrected chi connectivity index (χ3v) is 2.79. The first-order chi connectivity index (χ1) is 7.09. The fourth-order valence-corrected chi connectivity index (χ4v) is 1.59. The van der Waals surface area contributed by atoms with E-state index in [9.17, 15) is 4.79 Å². The van der Waals surface area contributed by atoms with E-state index in [0.29, 0.717) is 17.3 Å². The molecule has 5 heteroatoms. The number of amides is 1. The Hall–Kier alpha value is -1.52. The van der Waals surface area contributed by atoms with E-state index >= 15 is 0 Å². The molecule has 0 aromatic carbocycles. The smallest absolute Gasteiger partial charge is 0.258 e. The molecule has 0 bridgehead atoms. The van der Waals surface area contributed by atoms with Gasteiger partial charge in [-0.2, -0.15) is 5.10 Å². The molecular formula is C10H16N4O. The maximum Gasteiger partial charge on any atom is 0.258 e. The number of hydrogen-bond donors (Lipinski definition) is 1. The molecule has 2 rings (SSSR count). The van der Waals surface area contributed by atoms with Gasteiger partial charge in [-0.25, -0.2) is 0 Å². The zero-order valence-corrected chi connectivity index (χ0v) is 9.10. The number of carbonyl (C=O) groups excluding carboxylic acids is 1. The van der Waals surface area contributed by atoms with Crippen LogP contribution in [-0.2, 0) is 7.05 Å². The van der Waals surface area contributed by atoms with Crippen molar-refractivity contribution in [3.8, 4) is 0 Å². The van der Waals surface area contributed by atoms with E-state index in [0.717, 1.165) is 6.54 Å². The second kappa shape index (κ2) is 3.56. The summed E-state index contributed by atoms with van der Waals surface area (Å²) in [5.41, 5.74) is 6.24. The van der Waals surface area contributed by atoms with Gasteiger partial charge in [0.15, 0.2) is 0 Å². The zero-order chi connectivity index (χ0) is 11.0. The van der Waals surface area contributed by atoms with Crippen molar-refractivity contribution >= 4 is 11.7 Å². The molecule has 0 atom stereocenters. The lowest BCUT2D eigenvalue weighted by Crippen LogP contribution is -2.29. The Morgan fingerprint density at radius 2 is 2.40 bits per heavy atom. The highest BCUT2D eigenvalue weighted by Crippen LogP contribution is 2.29. The molecule has 1 fully saturated rings. The summed E-state index contributed by atoms with van der Waals surface area (Å²) in [7, 11) is 3.54. The molecule has 15 heavy (non-hydrogen) atoms. The van der Waals surface area contributed by atoms with Gasteiger partial charge in [0.05, 0.1) is 6.20 Å². The fourth-order valence-electron chi connectivity index (χ4n) is 1.59. The van der Waals surface area contributed by atoms with Crippen molar-refractivity contribution in [1.29, 1.82) is 0 Å². The van der Waals surface area contributed by atoms with E-state index < -0.39 is 0 Å². The maximum atomic E-state index is 11.9. The highest BCUT2D eigenvalue weighted by atomic mass is 16.2. The second-order valence-electron chi connectivity index (χ2n) is 4.20. The number of anilines is 1. The molecule has 0 radical (unpaired) electrons. The Bertz CT molecular complexity index is 381. The summed E-state index contributed by atoms with van der Waals surface area (Å²) in [4.78, 5) is 13.7. The highest BCUT2D eigenvalue weighted by Gasteiger charge is 2.26. The molecule has 0 unspecified atom stereocenters. The van der Waals surface area contributed by atoms with Crippen LogP contribution in [0.25, 0.3) is 0 Å². The van der Waals surface area contributed by atoms with Gasteiger partial charge in [0, 0.05) is 20.6 Å². The van der Waals surface area contributed by atoms with E-state index in [-0.39, 0.29) is 5.91 Å². The number of rotatable bonds is 3. The predicted octanol–water partition coefficient (Wildman–Crippen LogP) is 0.484. The van der Waals surface area contributed by atoms with Crippen molar-refractivity contribution in [3.63, 3.8) is 0 Å². The third kappa shape index (κ3) is 1.95. The van der Waals surface area contributed by atoms with Gasteiger partial charge in [0.2, 0.25) is 0 Å². The Labute approximate surface area is 88.8 Å². The van der Waals surface area contributed by atoms with Crippen LogP contribution < -0.4 is 5.73 Å². The summed E-state index contributed by atoms with van der Waals surface area (Å²) in [6.45, 7) is 0.827. The molecular weight excluding hydrogens is 192 g/mol. The molecule has 1 aliphatic carbocycles. The quantitative estimate of drug-likeness (QED) is 0.786. The van der Waals surface area contributed by atoms with Crippen LogP contribution in [0.3, 0.4) is 0 Å². The Morgan fingerprint density at radius 3 is 2.87 bits per heavy atom. The maximum absolute atomic E-state index is 11.9. The van der Waals surface area contributed by atoms with E-state index in [1.165, 1.54) is 23.7 Å². The number of aromatic nitrogens is 2. The number of hydrogen-bond acceptors (Lipinski definition) is 3. The summed E-state index contributed by atoms with van der Waals surface area (Å²) in [6.07, 6.45) is 4.00. The molecule has 2 N–H and O–H groups in total. The average molecular weight is 208 g/mol. The SMILES string of the molecule is CN(CC1CC1)C(=O)c1cnn(C)c1N. The lowest BCUT2D eigenvalue weighted by Gasteiger charge is -2.15. The zero-order valence-electron chi connectivity index (χ0n) is 9.10. The first kappa shape index (κ1) is 10.0. The monoisotopic (exact) mass is 208 g/mol. The average Bonchev–Trinajstić information content (AvgIpc) is 2.95. The summed E-state index contributed by atoms with van der Waals surface area (Å²) in [6, 6.07) is 0. The Balaban J connectivity index is 2.08. The standard InChI is InChI=1S/C10H16N4O/c1-13(6-7-3-4-7)10(15)8-5-12-14(2)9(8)11/h5,7H,3-4,6,11H2,1-2H3. The van der Waals surface area contributed by atoms with E-state index in [2.05, 4.69) is 5.10 Å². The van der Waals surface area contributed by atoms with Crippen LogP contribution >= 0.6 is 0 Å². The van der Waals surface area contributed by atoms with Gasteiger partial charge in [-0.1, -0.05) is 0 Å². The van der Waals surface area contributed by atoms with Crippen molar-refractivity contribution in [2.24, 2.45) is 13.0 Å². The molecule has 1 aliphatic rings. The molecule has 0 spiro atoms. The van der Waals surface area contributed by atoms with Gasteiger partial charge < -0.3 is 10.6 Å². The van der Waals surface area contributed by atoms with Crippen molar-refractivity contribution in [2.75, 3.05) is 19.3 Å². The van der Waals surface area contributed by atoms with Crippen molar-refractivity contribution < 1.29 is 4.79 Å². The van der Waals surface area contributed by atoms with E-state index in [1.807, 2.05) is 7.05 Å². The molecule has 0 saturated heterocycles. The topological polar surface area (TPSA) is 64.2 Å². The molecule has 1 heterocycles. The van der Waals surface area contributed by atoms with Gasteiger partial charge in [0.1, 0.15) is 11.4 Å². The van der Waals surface area contributed by atoms with Crippen molar-refractivity contribution in [3.05, 3.63) is 11.8 Å². The molecule has 1 aromatic rings. The lowest BCUT2D eigenvalue weighted by molar-refractivity contribution is 0.0789. The van der Waals surface area contributed by atoms with Crippen LogP contribution in [0.1, 0.15) is 23.2 Å². The van der Waals surface area contributed by atoms with Crippen molar-refractivity contribution in [1.82, 2.24) is 14.7 Å². The fraction of sp³-hybridized carbons (Fsp3) is 0.600. The van der Waals surface area contributed by atoms with Gasteiger partial charge >= 0.3 is 0 Å². The Kier molecular flexibility index (Phi) is 2.38. The van der Waals surface area contributed by atoms with Crippen LogP contribution in [0.2, 0.25) is 0 Å². The molecule has 1 aromatic heterocycles. The van der Waals surface area contributed by atoms with Crippen molar-refractivity contribution in [2.45, 2.75) is 12.8 Å². The number of aryl methyl sites for hydroxylation is 1. The minimum atomic E-state index is -0.0347. The number of nitrogens with zero attached hydrogens (tertiary/aromatic N) is 3. The minimum absolute atomic E-state index is 0.0347. The van der Waals surface area contributed by atoms with Crippen LogP contribution in [-0.4, -0.2) is 34.2 Å². The second-order valence-corrected chi connectivity index (χ2v) is 4.20. The van der Waals surface area contributed by atoms with Crippen LogP contribution in [0.5, 0.6) is 0 Å². The molecule has 1 saturated carbocycles. The summed E-state index contributed by atoms with van der Waals surface area (Å²) in [5.74, 6) is 1.09. The Morgan fingerprint density at radius 1 is 1.73 bits per heavy atom. The van der Waals surface area contributed by atoms with E-state index in [1.54, 1.807) is 11.9 Å². The van der Waals surface area contributed by atoms with Gasteiger partial charge in [-0.05, 0) is 18.8 Å². The highest BCUT2D eigenvalue weighted by molar-refractivity contribution is 5.98. The molecule has 1 amide bonds. The normalized spacial score (nSPS) is 15.3. The van der Waals surface area contributed by atoms with Gasteiger partial charge in [-0.3, -0.25) is 9.48 Å². The summed E-state index contributed by atoms with van der Waals surface area (Å²) in [5, 5.41) is 3.96. The van der Waals surface area contributed by atoms with Crippen LogP contribution in [0.4, 0.5) is 5.82 Å². The molecule has 0 aliphatic heterocycles. The number of nitrogen functional groups attached to an aromatic ring is 1. The number of carbonyl (C=O) groups is 1. The van der Waals surface area contributed by atoms with Gasteiger partial charge in [-0.15, -0.1) is 0 Å². The summed E-state index contributed by atoms with van der Waals surface area (Å²) >= 11 is 0. The molecule has 5 nitrogen and oxygen atoms in total.